The highest BCUT2D eigenvalue weighted by Crippen LogP contribution is 2.18. The van der Waals surface area contributed by atoms with Crippen LogP contribution in [-0.4, -0.2) is 52.4 Å². The van der Waals surface area contributed by atoms with Crippen molar-refractivity contribution in [2.75, 3.05) is 19.8 Å². The number of hydrogen-bond acceptors (Lipinski definition) is 6. The molecule has 0 bridgehead atoms. The lowest BCUT2D eigenvalue weighted by Crippen LogP contribution is -2.31. The van der Waals surface area contributed by atoms with Crippen molar-refractivity contribution in [3.8, 4) is 0 Å². The lowest BCUT2D eigenvalue weighted by atomic mass is 10.2. The van der Waals surface area contributed by atoms with E-state index in [0.29, 0.717) is 0 Å². The molecule has 0 aromatic rings. The third-order valence-electron chi connectivity index (χ3n) is 1.98. The van der Waals surface area contributed by atoms with Crippen LogP contribution in [0.15, 0.2) is 0 Å². The third-order valence-corrected chi connectivity index (χ3v) is 2.30. The van der Waals surface area contributed by atoms with Gasteiger partial charge in [0.15, 0.2) is 0 Å². The topological polar surface area (TPSA) is 93.1 Å². The van der Waals surface area contributed by atoms with Crippen LogP contribution in [-0.2, 0) is 19.1 Å². The minimum absolute atomic E-state index is 0.0953. The fourth-order valence-corrected chi connectivity index (χ4v) is 0.928. The number of carbonyl (C=O) groups excluding carboxylic acids is 2. The molecule has 0 aromatic heterocycles. The fourth-order valence-electron chi connectivity index (χ4n) is 0.814. The summed E-state index contributed by atoms with van der Waals surface area (Å²) in [5.74, 6) is -1.70. The third kappa shape index (κ3) is 6.93. The van der Waals surface area contributed by atoms with Crippen molar-refractivity contribution in [1.29, 1.82) is 0 Å². The lowest BCUT2D eigenvalue weighted by molar-refractivity contribution is -0.157. The first-order chi connectivity index (χ1) is 8.18. The Kier molecular flexibility index (Phi) is 7.42. The van der Waals surface area contributed by atoms with Gasteiger partial charge in [-0.3, -0.25) is 9.59 Å². The number of rotatable bonds is 7. The van der Waals surface area contributed by atoms with Crippen LogP contribution in [0.2, 0.25) is 0 Å². The summed E-state index contributed by atoms with van der Waals surface area (Å²) in [6.07, 6.45) is -1.09. The number of ether oxygens (including phenoxy) is 2. The molecule has 0 heterocycles. The van der Waals surface area contributed by atoms with E-state index in [2.05, 4.69) is 15.9 Å². The first-order valence-electron chi connectivity index (χ1n) is 5.50. The summed E-state index contributed by atoms with van der Waals surface area (Å²) in [7, 11) is 0. The molecular weight excluding hydrogens is 308 g/mol. The standard InChI is InChI=1S/C11H19BrO6/c1-7(5-18-10(16)11(2,3)12)9(15)17-6-8(14)4-13/h7-8,13-14H,4-6H2,1-3H3. The molecule has 0 saturated heterocycles. The smallest absolute Gasteiger partial charge is 0.322 e. The van der Waals surface area contributed by atoms with Crippen LogP contribution in [0.4, 0.5) is 0 Å². The van der Waals surface area contributed by atoms with Crippen LogP contribution in [0.5, 0.6) is 0 Å². The summed E-state index contributed by atoms with van der Waals surface area (Å²) >= 11 is 3.14. The molecule has 0 aromatic carbocycles. The molecule has 0 radical (unpaired) electrons. The van der Waals surface area contributed by atoms with Crippen molar-refractivity contribution >= 4 is 27.9 Å². The van der Waals surface area contributed by atoms with E-state index in [1.165, 1.54) is 0 Å². The highest BCUT2D eigenvalue weighted by atomic mass is 79.9. The summed E-state index contributed by atoms with van der Waals surface area (Å²) in [6, 6.07) is 0. The second-order valence-corrected chi connectivity index (χ2v) is 6.42. The largest absolute Gasteiger partial charge is 0.464 e. The van der Waals surface area contributed by atoms with E-state index >= 15 is 0 Å². The Labute approximate surface area is 114 Å². The molecule has 0 aliphatic carbocycles. The Morgan fingerprint density at radius 2 is 1.83 bits per heavy atom. The maximum absolute atomic E-state index is 11.4. The lowest BCUT2D eigenvalue weighted by Gasteiger charge is -2.17. The van der Waals surface area contributed by atoms with Crippen molar-refractivity contribution in [2.24, 2.45) is 5.92 Å². The molecule has 18 heavy (non-hydrogen) atoms. The first-order valence-corrected chi connectivity index (χ1v) is 6.29. The molecule has 7 heteroatoms. The van der Waals surface area contributed by atoms with E-state index < -0.39 is 34.9 Å². The van der Waals surface area contributed by atoms with Crippen LogP contribution in [0, 0.1) is 5.92 Å². The minimum atomic E-state index is -1.09. The molecule has 2 N–H and O–H groups in total. The summed E-state index contributed by atoms with van der Waals surface area (Å²) in [4.78, 5) is 22.8. The molecule has 0 amide bonds. The van der Waals surface area contributed by atoms with Crippen LogP contribution < -0.4 is 0 Å². The molecular formula is C11H19BrO6. The highest BCUT2D eigenvalue weighted by Gasteiger charge is 2.27. The second kappa shape index (κ2) is 7.70. The quantitative estimate of drug-likeness (QED) is 0.514. The maximum Gasteiger partial charge on any atom is 0.322 e. The zero-order chi connectivity index (χ0) is 14.3. The minimum Gasteiger partial charge on any atom is -0.464 e. The normalized spacial score (nSPS) is 14.8. The summed E-state index contributed by atoms with van der Waals surface area (Å²) in [5, 5.41) is 17.5. The number of halogens is 1. The molecule has 2 atom stereocenters. The van der Waals surface area contributed by atoms with E-state index in [4.69, 9.17) is 19.7 Å². The SMILES string of the molecule is CC(COC(=O)C(C)(C)Br)C(=O)OCC(O)CO. The molecule has 0 saturated carbocycles. The van der Waals surface area contributed by atoms with Gasteiger partial charge in [-0.1, -0.05) is 15.9 Å². The van der Waals surface area contributed by atoms with E-state index in [1.807, 2.05) is 0 Å². The summed E-state index contributed by atoms with van der Waals surface area (Å²) in [5.41, 5.74) is 0. The Bertz CT molecular complexity index is 286. The maximum atomic E-state index is 11.4. The van der Waals surface area contributed by atoms with Crippen LogP contribution in [0.1, 0.15) is 20.8 Å². The predicted molar refractivity (Wildman–Crippen MR) is 67.2 cm³/mol. The van der Waals surface area contributed by atoms with Gasteiger partial charge in [-0.05, 0) is 20.8 Å². The van der Waals surface area contributed by atoms with E-state index in [0.717, 1.165) is 0 Å². The second-order valence-electron chi connectivity index (χ2n) is 4.44. The zero-order valence-corrected chi connectivity index (χ0v) is 12.3. The van der Waals surface area contributed by atoms with Gasteiger partial charge in [-0.2, -0.15) is 0 Å². The number of aliphatic hydroxyl groups is 2. The van der Waals surface area contributed by atoms with Crippen molar-refractivity contribution in [2.45, 2.75) is 31.2 Å². The zero-order valence-electron chi connectivity index (χ0n) is 10.7. The predicted octanol–water partition coefficient (Wildman–Crippen LogP) is 0.236. The van der Waals surface area contributed by atoms with Crippen LogP contribution in [0.3, 0.4) is 0 Å². The molecule has 2 unspecified atom stereocenters. The number of hydrogen-bond donors (Lipinski definition) is 2. The van der Waals surface area contributed by atoms with Crippen molar-refractivity contribution in [3.05, 3.63) is 0 Å². The van der Waals surface area contributed by atoms with Gasteiger partial charge in [0, 0.05) is 0 Å². The number of carbonyl (C=O) groups is 2. The van der Waals surface area contributed by atoms with Gasteiger partial charge in [-0.25, -0.2) is 0 Å². The van der Waals surface area contributed by atoms with Crippen molar-refractivity contribution in [1.82, 2.24) is 0 Å². The fraction of sp³-hybridized carbons (Fsp3) is 0.818. The molecule has 6 nitrogen and oxygen atoms in total. The van der Waals surface area contributed by atoms with E-state index in [-0.39, 0.29) is 13.2 Å². The van der Waals surface area contributed by atoms with E-state index in [9.17, 15) is 9.59 Å². The Morgan fingerprint density at radius 1 is 1.28 bits per heavy atom. The van der Waals surface area contributed by atoms with Gasteiger partial charge >= 0.3 is 11.9 Å². The molecule has 0 aliphatic heterocycles. The average Bonchev–Trinajstić information content (AvgIpc) is 2.30. The van der Waals surface area contributed by atoms with Gasteiger partial charge in [0.05, 0.1) is 12.5 Å². The number of esters is 2. The van der Waals surface area contributed by atoms with Crippen molar-refractivity contribution < 1.29 is 29.3 Å². The molecule has 0 fully saturated rings. The van der Waals surface area contributed by atoms with E-state index in [1.54, 1.807) is 20.8 Å². The molecule has 0 rings (SSSR count). The Balaban J connectivity index is 3.99. The van der Waals surface area contributed by atoms with Gasteiger partial charge in [-0.15, -0.1) is 0 Å². The monoisotopic (exact) mass is 326 g/mol. The molecule has 0 aliphatic rings. The van der Waals surface area contributed by atoms with Gasteiger partial charge in [0.2, 0.25) is 0 Å². The average molecular weight is 327 g/mol. The van der Waals surface area contributed by atoms with Crippen LogP contribution >= 0.6 is 15.9 Å². The van der Waals surface area contributed by atoms with Gasteiger partial charge in [0.25, 0.3) is 0 Å². The summed E-state index contributed by atoms with van der Waals surface area (Å²) < 4.78 is 8.84. The van der Waals surface area contributed by atoms with Crippen LogP contribution in [0.25, 0.3) is 0 Å². The van der Waals surface area contributed by atoms with Gasteiger partial charge < -0.3 is 19.7 Å². The van der Waals surface area contributed by atoms with Crippen molar-refractivity contribution in [3.63, 3.8) is 0 Å². The summed E-state index contributed by atoms with van der Waals surface area (Å²) in [6.45, 7) is 3.96. The first kappa shape index (κ1) is 17.3. The number of alkyl halides is 1. The highest BCUT2D eigenvalue weighted by molar-refractivity contribution is 9.10. The van der Waals surface area contributed by atoms with Gasteiger partial charge in [0.1, 0.15) is 23.6 Å². The molecule has 0 spiro atoms. The number of aliphatic hydroxyl groups excluding tert-OH is 2. The Morgan fingerprint density at radius 3 is 2.28 bits per heavy atom. The Hall–Kier alpha value is -0.660. The molecule has 106 valence electrons.